The maximum atomic E-state index is 8.79. The van der Waals surface area contributed by atoms with Gasteiger partial charge in [0.2, 0.25) is 0 Å². The summed E-state index contributed by atoms with van der Waals surface area (Å²) in [5.74, 6) is 0.833. The Labute approximate surface area is 108 Å². The number of hydrogen-bond acceptors (Lipinski definition) is 4. The van der Waals surface area contributed by atoms with Crippen LogP contribution in [-0.4, -0.2) is 24.1 Å². The predicted octanol–water partition coefficient (Wildman–Crippen LogP) is 3.21. The molecule has 1 rings (SSSR count). The molecule has 0 radical (unpaired) electrons. The molecule has 1 aromatic carbocycles. The van der Waals surface area contributed by atoms with E-state index in [2.05, 4.69) is 12.1 Å². The third kappa shape index (κ3) is 4.04. The summed E-state index contributed by atoms with van der Waals surface area (Å²) in [5.41, 5.74) is 2.43. The SMILES string of the molecule is CCCOc1ccc(C(C)=NO)cc1COCC. The van der Waals surface area contributed by atoms with Crippen molar-refractivity contribution in [3.63, 3.8) is 0 Å². The Morgan fingerprint density at radius 1 is 1.33 bits per heavy atom. The van der Waals surface area contributed by atoms with Crippen LogP contribution >= 0.6 is 0 Å². The Hall–Kier alpha value is -1.55. The first-order chi connectivity index (χ1) is 8.72. The standard InChI is InChI=1S/C14H21NO3/c1-4-8-18-14-7-6-12(11(3)15-16)9-13(14)10-17-5-2/h6-7,9,16H,4-5,8,10H2,1-3H3. The molecule has 0 spiro atoms. The minimum absolute atomic E-state index is 0.502. The number of hydrogen-bond donors (Lipinski definition) is 1. The van der Waals surface area contributed by atoms with E-state index in [0.29, 0.717) is 25.5 Å². The van der Waals surface area contributed by atoms with Crippen molar-refractivity contribution in [2.24, 2.45) is 5.16 Å². The normalized spacial score (nSPS) is 11.6. The Balaban J connectivity index is 2.95. The summed E-state index contributed by atoms with van der Waals surface area (Å²) in [7, 11) is 0. The average molecular weight is 251 g/mol. The highest BCUT2D eigenvalue weighted by molar-refractivity contribution is 5.98. The molecule has 4 heteroatoms. The van der Waals surface area contributed by atoms with Crippen molar-refractivity contribution in [3.8, 4) is 5.75 Å². The molecule has 0 aliphatic rings. The van der Waals surface area contributed by atoms with E-state index in [1.807, 2.05) is 25.1 Å². The molecule has 100 valence electrons. The van der Waals surface area contributed by atoms with Crippen LogP contribution in [0.1, 0.15) is 38.3 Å². The Kier molecular flexibility index (Phi) is 6.22. The maximum absolute atomic E-state index is 8.79. The summed E-state index contributed by atoms with van der Waals surface area (Å²) in [6, 6.07) is 5.72. The molecule has 0 amide bonds. The second-order valence-electron chi connectivity index (χ2n) is 3.99. The third-order valence-corrected chi connectivity index (χ3v) is 2.55. The highest BCUT2D eigenvalue weighted by Gasteiger charge is 2.07. The van der Waals surface area contributed by atoms with Gasteiger partial charge in [0.25, 0.3) is 0 Å². The molecule has 1 N–H and O–H groups in total. The Morgan fingerprint density at radius 2 is 2.11 bits per heavy atom. The van der Waals surface area contributed by atoms with E-state index in [-0.39, 0.29) is 0 Å². The summed E-state index contributed by atoms with van der Waals surface area (Å²) in [4.78, 5) is 0. The fourth-order valence-corrected chi connectivity index (χ4v) is 1.54. The largest absolute Gasteiger partial charge is 0.493 e. The van der Waals surface area contributed by atoms with E-state index in [1.165, 1.54) is 0 Å². The van der Waals surface area contributed by atoms with Crippen molar-refractivity contribution in [1.29, 1.82) is 0 Å². The summed E-state index contributed by atoms with van der Waals surface area (Å²) in [6.07, 6.45) is 0.965. The molecule has 0 heterocycles. The number of benzene rings is 1. The van der Waals surface area contributed by atoms with Crippen LogP contribution in [0.3, 0.4) is 0 Å². The van der Waals surface area contributed by atoms with E-state index < -0.39 is 0 Å². The molecule has 18 heavy (non-hydrogen) atoms. The van der Waals surface area contributed by atoms with Crippen molar-refractivity contribution in [3.05, 3.63) is 29.3 Å². The van der Waals surface area contributed by atoms with Crippen LogP contribution in [0.4, 0.5) is 0 Å². The summed E-state index contributed by atoms with van der Waals surface area (Å²) in [6.45, 7) is 7.63. The van der Waals surface area contributed by atoms with E-state index >= 15 is 0 Å². The van der Waals surface area contributed by atoms with Crippen LogP contribution in [0.25, 0.3) is 0 Å². The van der Waals surface area contributed by atoms with E-state index in [9.17, 15) is 0 Å². The molecule has 1 aromatic rings. The van der Waals surface area contributed by atoms with Gasteiger partial charge in [0.05, 0.1) is 18.9 Å². The molecule has 0 unspecified atom stereocenters. The average Bonchev–Trinajstić information content (AvgIpc) is 2.42. The fraction of sp³-hybridized carbons (Fsp3) is 0.500. The fourth-order valence-electron chi connectivity index (χ4n) is 1.54. The van der Waals surface area contributed by atoms with Gasteiger partial charge in [-0.2, -0.15) is 0 Å². The van der Waals surface area contributed by atoms with Crippen molar-refractivity contribution < 1.29 is 14.7 Å². The van der Waals surface area contributed by atoms with Crippen molar-refractivity contribution in [2.45, 2.75) is 33.8 Å². The third-order valence-electron chi connectivity index (χ3n) is 2.55. The van der Waals surface area contributed by atoms with Crippen LogP contribution in [-0.2, 0) is 11.3 Å². The zero-order valence-corrected chi connectivity index (χ0v) is 11.3. The second-order valence-corrected chi connectivity index (χ2v) is 3.99. The molecule has 4 nitrogen and oxygen atoms in total. The van der Waals surface area contributed by atoms with Gasteiger partial charge in [-0.25, -0.2) is 0 Å². The quantitative estimate of drug-likeness (QED) is 0.460. The minimum atomic E-state index is 0.502. The van der Waals surface area contributed by atoms with Crippen LogP contribution < -0.4 is 4.74 Å². The first kappa shape index (κ1) is 14.5. The van der Waals surface area contributed by atoms with Crippen molar-refractivity contribution in [2.75, 3.05) is 13.2 Å². The Bertz CT molecular complexity index is 402. The summed E-state index contributed by atoms with van der Waals surface area (Å²) < 4.78 is 11.1. The number of rotatable bonds is 7. The minimum Gasteiger partial charge on any atom is -0.493 e. The number of nitrogens with zero attached hydrogens (tertiary/aromatic N) is 1. The predicted molar refractivity (Wildman–Crippen MR) is 71.6 cm³/mol. The van der Waals surface area contributed by atoms with Crippen LogP contribution in [0.15, 0.2) is 23.4 Å². The van der Waals surface area contributed by atoms with Crippen molar-refractivity contribution in [1.82, 2.24) is 0 Å². The lowest BCUT2D eigenvalue weighted by molar-refractivity contribution is 0.131. The molecule has 0 saturated carbocycles. The highest BCUT2D eigenvalue weighted by Crippen LogP contribution is 2.22. The lowest BCUT2D eigenvalue weighted by atomic mass is 10.1. The van der Waals surface area contributed by atoms with Crippen LogP contribution in [0, 0.1) is 0 Å². The van der Waals surface area contributed by atoms with Crippen molar-refractivity contribution >= 4 is 5.71 Å². The van der Waals surface area contributed by atoms with Gasteiger partial charge in [0.15, 0.2) is 0 Å². The smallest absolute Gasteiger partial charge is 0.124 e. The van der Waals surface area contributed by atoms with Gasteiger partial charge in [-0.15, -0.1) is 0 Å². The zero-order valence-electron chi connectivity index (χ0n) is 11.3. The van der Waals surface area contributed by atoms with E-state index in [1.54, 1.807) is 6.92 Å². The van der Waals surface area contributed by atoms with Crippen LogP contribution in [0.2, 0.25) is 0 Å². The molecule has 0 aliphatic carbocycles. The molecule has 0 fully saturated rings. The molecule has 0 aromatic heterocycles. The molecule has 0 aliphatic heterocycles. The lowest BCUT2D eigenvalue weighted by Gasteiger charge is -2.12. The molecular weight excluding hydrogens is 230 g/mol. The maximum Gasteiger partial charge on any atom is 0.124 e. The Morgan fingerprint density at radius 3 is 2.72 bits per heavy atom. The first-order valence-corrected chi connectivity index (χ1v) is 6.25. The van der Waals surface area contributed by atoms with Gasteiger partial charge < -0.3 is 14.7 Å². The molecule has 0 bridgehead atoms. The highest BCUT2D eigenvalue weighted by atomic mass is 16.5. The topological polar surface area (TPSA) is 51.0 Å². The van der Waals surface area contributed by atoms with E-state index in [4.69, 9.17) is 14.7 Å². The van der Waals surface area contributed by atoms with Gasteiger partial charge in [-0.1, -0.05) is 12.1 Å². The molecule has 0 saturated heterocycles. The summed E-state index contributed by atoms with van der Waals surface area (Å²) in [5, 5.41) is 12.0. The lowest BCUT2D eigenvalue weighted by Crippen LogP contribution is -2.03. The van der Waals surface area contributed by atoms with Gasteiger partial charge in [0, 0.05) is 12.2 Å². The van der Waals surface area contributed by atoms with Crippen LogP contribution in [0.5, 0.6) is 5.75 Å². The van der Waals surface area contributed by atoms with Gasteiger partial charge in [-0.05, 0) is 44.0 Å². The van der Waals surface area contributed by atoms with E-state index in [0.717, 1.165) is 23.3 Å². The number of ether oxygens (including phenoxy) is 2. The molecule has 0 atom stereocenters. The number of oxime groups is 1. The van der Waals surface area contributed by atoms with Gasteiger partial charge in [0.1, 0.15) is 5.75 Å². The van der Waals surface area contributed by atoms with Gasteiger partial charge >= 0.3 is 0 Å². The second kappa shape index (κ2) is 7.71. The zero-order chi connectivity index (χ0) is 13.4. The monoisotopic (exact) mass is 251 g/mol. The first-order valence-electron chi connectivity index (χ1n) is 6.25. The van der Waals surface area contributed by atoms with Gasteiger partial charge in [-0.3, -0.25) is 0 Å². The molecular formula is C14H21NO3. The summed E-state index contributed by atoms with van der Waals surface area (Å²) >= 11 is 0.